The zero-order chi connectivity index (χ0) is 11.6. The lowest BCUT2D eigenvalue weighted by Crippen LogP contribution is -2.02. The van der Waals surface area contributed by atoms with Crippen molar-refractivity contribution in [3.8, 4) is 6.07 Å². The molecule has 15 heavy (non-hydrogen) atoms. The number of aromatic nitrogens is 1. The van der Waals surface area contributed by atoms with E-state index in [2.05, 4.69) is 4.98 Å². The molecule has 0 amide bonds. The summed E-state index contributed by atoms with van der Waals surface area (Å²) in [7, 11) is 0. The molecule has 0 unspecified atom stereocenters. The Morgan fingerprint density at radius 3 is 2.60 bits per heavy atom. The molecule has 8 heteroatoms. The lowest BCUT2D eigenvalue weighted by Gasteiger charge is -2.00. The van der Waals surface area contributed by atoms with Crippen molar-refractivity contribution in [1.29, 1.82) is 5.26 Å². The van der Waals surface area contributed by atoms with E-state index in [1.54, 1.807) is 0 Å². The minimum absolute atomic E-state index is 0.381. The number of nitro groups is 1. The highest BCUT2D eigenvalue weighted by atomic mass is 19.3. The van der Waals surface area contributed by atoms with Crippen LogP contribution in [0.3, 0.4) is 0 Å². The van der Waals surface area contributed by atoms with Crippen molar-refractivity contribution in [2.24, 2.45) is 0 Å². The fraction of sp³-hybridized carbons (Fsp3) is 0.143. The first kappa shape index (κ1) is 10.9. The van der Waals surface area contributed by atoms with Crippen LogP contribution in [0.5, 0.6) is 0 Å². The normalized spacial score (nSPS) is 10.1. The minimum Gasteiger partial charge on any atom is -0.258 e. The minimum atomic E-state index is -3.13. The molecule has 1 rings (SSSR count). The van der Waals surface area contributed by atoms with E-state index in [4.69, 9.17) is 5.26 Å². The predicted molar refractivity (Wildman–Crippen MR) is 40.5 cm³/mol. The number of hydrogen-bond acceptors (Lipinski definition) is 4. The van der Waals surface area contributed by atoms with Gasteiger partial charge in [-0.1, -0.05) is 0 Å². The molecule has 5 nitrogen and oxygen atoms in total. The van der Waals surface area contributed by atoms with E-state index in [0.717, 1.165) is 0 Å². The number of pyridine rings is 1. The van der Waals surface area contributed by atoms with Crippen LogP contribution < -0.4 is 0 Å². The van der Waals surface area contributed by atoms with E-state index >= 15 is 0 Å². The van der Waals surface area contributed by atoms with Crippen molar-refractivity contribution >= 4 is 5.69 Å². The van der Waals surface area contributed by atoms with Gasteiger partial charge in [0.25, 0.3) is 12.1 Å². The number of nitrogens with zero attached hydrogens (tertiary/aromatic N) is 3. The first-order chi connectivity index (χ1) is 6.97. The van der Waals surface area contributed by atoms with Crippen LogP contribution in [0, 0.1) is 27.4 Å². The van der Waals surface area contributed by atoms with E-state index in [1.807, 2.05) is 0 Å². The molecule has 0 saturated carbocycles. The van der Waals surface area contributed by atoms with Gasteiger partial charge in [-0.25, -0.2) is 13.8 Å². The zero-order valence-electron chi connectivity index (χ0n) is 6.95. The highest BCUT2D eigenvalue weighted by Gasteiger charge is 2.24. The molecule has 0 spiro atoms. The van der Waals surface area contributed by atoms with Crippen molar-refractivity contribution in [1.82, 2.24) is 4.98 Å². The Bertz CT molecular complexity index is 456. The highest BCUT2D eigenvalue weighted by Crippen LogP contribution is 2.25. The summed E-state index contributed by atoms with van der Waals surface area (Å²) in [4.78, 5) is 11.9. The molecule has 0 aliphatic rings. The quantitative estimate of drug-likeness (QED) is 0.430. The van der Waals surface area contributed by atoms with Gasteiger partial charge in [-0.3, -0.25) is 10.1 Å². The average Bonchev–Trinajstić information content (AvgIpc) is 2.16. The van der Waals surface area contributed by atoms with E-state index in [0.29, 0.717) is 6.07 Å². The first-order valence-electron chi connectivity index (χ1n) is 3.50. The Hall–Kier alpha value is -2.17. The predicted octanol–water partition coefficient (Wildman–Crippen LogP) is 1.94. The Kier molecular flexibility index (Phi) is 2.85. The standard InChI is InChI=1S/C7H2F3N3O2/c8-6(9)4-1-5(13(14)15)3(2-11)7(10)12-4/h1,6H. The molecule has 0 N–H and O–H groups in total. The summed E-state index contributed by atoms with van der Waals surface area (Å²) >= 11 is 0. The van der Waals surface area contributed by atoms with Crippen molar-refractivity contribution in [2.75, 3.05) is 0 Å². The van der Waals surface area contributed by atoms with Crippen LogP contribution in [-0.4, -0.2) is 9.91 Å². The Morgan fingerprint density at radius 2 is 2.20 bits per heavy atom. The molecule has 1 aromatic heterocycles. The summed E-state index contributed by atoms with van der Waals surface area (Å²) in [6.45, 7) is 0. The van der Waals surface area contributed by atoms with Crippen LogP contribution in [0.25, 0.3) is 0 Å². The maximum atomic E-state index is 12.9. The monoisotopic (exact) mass is 217 g/mol. The molecular formula is C7H2F3N3O2. The lowest BCUT2D eigenvalue weighted by atomic mass is 10.2. The molecule has 0 fully saturated rings. The number of alkyl halides is 2. The van der Waals surface area contributed by atoms with Gasteiger partial charge in [-0.2, -0.15) is 9.65 Å². The smallest absolute Gasteiger partial charge is 0.258 e. The van der Waals surface area contributed by atoms with Crippen molar-refractivity contribution in [2.45, 2.75) is 6.43 Å². The van der Waals surface area contributed by atoms with Gasteiger partial charge in [0.2, 0.25) is 5.95 Å². The SMILES string of the molecule is N#Cc1c([N+](=O)[O-])cc(C(F)F)nc1F. The Balaban J connectivity index is 3.47. The Morgan fingerprint density at radius 1 is 1.60 bits per heavy atom. The molecule has 1 aromatic rings. The van der Waals surface area contributed by atoms with Gasteiger partial charge in [-0.05, 0) is 0 Å². The van der Waals surface area contributed by atoms with E-state index in [1.165, 1.54) is 6.07 Å². The molecule has 0 atom stereocenters. The van der Waals surface area contributed by atoms with Gasteiger partial charge in [0, 0.05) is 6.07 Å². The lowest BCUT2D eigenvalue weighted by molar-refractivity contribution is -0.385. The van der Waals surface area contributed by atoms with Crippen LogP contribution in [0.1, 0.15) is 17.7 Å². The zero-order valence-corrected chi connectivity index (χ0v) is 6.95. The van der Waals surface area contributed by atoms with Crippen LogP contribution in [0.15, 0.2) is 6.07 Å². The second-order valence-electron chi connectivity index (χ2n) is 2.40. The maximum absolute atomic E-state index is 12.9. The summed E-state index contributed by atoms with van der Waals surface area (Å²) < 4.78 is 37.0. The average molecular weight is 217 g/mol. The topological polar surface area (TPSA) is 79.8 Å². The van der Waals surface area contributed by atoms with Gasteiger partial charge in [0.15, 0.2) is 5.56 Å². The third-order valence-electron chi connectivity index (χ3n) is 1.51. The molecule has 0 radical (unpaired) electrons. The summed E-state index contributed by atoms with van der Waals surface area (Å²) in [5, 5.41) is 18.7. The molecule has 0 aliphatic carbocycles. The summed E-state index contributed by atoms with van der Waals surface area (Å²) in [5.74, 6) is -1.57. The van der Waals surface area contributed by atoms with Crippen LogP contribution in [0.2, 0.25) is 0 Å². The van der Waals surface area contributed by atoms with Gasteiger partial charge in [0.05, 0.1) is 4.92 Å². The van der Waals surface area contributed by atoms with Crippen LogP contribution >= 0.6 is 0 Å². The largest absolute Gasteiger partial charge is 0.293 e. The van der Waals surface area contributed by atoms with E-state index < -0.39 is 34.2 Å². The fourth-order valence-electron chi connectivity index (χ4n) is 0.879. The second kappa shape index (κ2) is 3.91. The molecule has 0 aliphatic heterocycles. The first-order valence-corrected chi connectivity index (χ1v) is 3.50. The number of rotatable bonds is 2. The van der Waals surface area contributed by atoms with E-state index in [-0.39, 0.29) is 0 Å². The number of hydrogen-bond donors (Lipinski definition) is 0. The molecule has 0 bridgehead atoms. The van der Waals surface area contributed by atoms with Crippen molar-refractivity contribution < 1.29 is 18.1 Å². The third kappa shape index (κ3) is 2.01. The molecule has 0 aromatic carbocycles. The number of nitriles is 1. The van der Waals surface area contributed by atoms with Crippen LogP contribution in [0.4, 0.5) is 18.9 Å². The summed E-state index contributed by atoms with van der Waals surface area (Å²) in [6, 6.07) is 1.57. The fourth-order valence-corrected chi connectivity index (χ4v) is 0.879. The Labute approximate surface area is 80.9 Å². The second-order valence-corrected chi connectivity index (χ2v) is 2.40. The highest BCUT2D eigenvalue weighted by molar-refractivity contribution is 5.48. The van der Waals surface area contributed by atoms with Gasteiger partial charge < -0.3 is 0 Å². The van der Waals surface area contributed by atoms with Gasteiger partial charge >= 0.3 is 0 Å². The van der Waals surface area contributed by atoms with Crippen LogP contribution in [-0.2, 0) is 0 Å². The van der Waals surface area contributed by atoms with E-state index in [9.17, 15) is 23.3 Å². The molecular weight excluding hydrogens is 215 g/mol. The maximum Gasteiger partial charge on any atom is 0.293 e. The van der Waals surface area contributed by atoms with Crippen molar-refractivity contribution in [3.63, 3.8) is 0 Å². The van der Waals surface area contributed by atoms with Gasteiger partial charge in [0.1, 0.15) is 11.8 Å². The van der Waals surface area contributed by atoms with Gasteiger partial charge in [-0.15, -0.1) is 0 Å². The van der Waals surface area contributed by atoms with Crippen molar-refractivity contribution in [3.05, 3.63) is 33.4 Å². The molecule has 0 saturated heterocycles. The molecule has 78 valence electrons. The third-order valence-corrected chi connectivity index (χ3v) is 1.51. The number of halogens is 3. The summed E-state index contributed by atoms with van der Waals surface area (Å²) in [5.41, 5.74) is -3.04. The molecule has 1 heterocycles. The summed E-state index contributed by atoms with van der Waals surface area (Å²) in [6.07, 6.45) is -3.13.